The highest BCUT2D eigenvalue weighted by atomic mass is 32.2. The first-order valence-corrected chi connectivity index (χ1v) is 6.74. The Balaban J connectivity index is 2.49. The standard InChI is InChI=1S/C11H21N3S/c1-4-8-15-9-11(12-5-2)10-6-7-14(3)13-10/h6-7,11-12H,4-5,8-9H2,1-3H3. The van der Waals surface area contributed by atoms with E-state index in [1.165, 1.54) is 12.2 Å². The molecule has 0 aliphatic carbocycles. The van der Waals surface area contributed by atoms with Gasteiger partial charge in [-0.3, -0.25) is 4.68 Å². The molecule has 15 heavy (non-hydrogen) atoms. The van der Waals surface area contributed by atoms with Crippen molar-refractivity contribution in [3.8, 4) is 0 Å². The summed E-state index contributed by atoms with van der Waals surface area (Å²) < 4.78 is 1.87. The van der Waals surface area contributed by atoms with Crippen molar-refractivity contribution in [3.05, 3.63) is 18.0 Å². The Morgan fingerprint density at radius 1 is 1.53 bits per heavy atom. The molecule has 3 nitrogen and oxygen atoms in total. The van der Waals surface area contributed by atoms with Gasteiger partial charge in [-0.2, -0.15) is 16.9 Å². The second kappa shape index (κ2) is 6.90. The summed E-state index contributed by atoms with van der Waals surface area (Å²) in [6.07, 6.45) is 3.25. The number of hydrogen-bond acceptors (Lipinski definition) is 3. The number of aromatic nitrogens is 2. The minimum atomic E-state index is 0.396. The van der Waals surface area contributed by atoms with Crippen molar-refractivity contribution >= 4 is 11.8 Å². The van der Waals surface area contributed by atoms with Crippen LogP contribution in [0.2, 0.25) is 0 Å². The van der Waals surface area contributed by atoms with Crippen molar-refractivity contribution in [2.24, 2.45) is 7.05 Å². The van der Waals surface area contributed by atoms with E-state index in [4.69, 9.17) is 0 Å². The first-order valence-electron chi connectivity index (χ1n) is 5.58. The number of thioether (sulfide) groups is 1. The lowest BCUT2D eigenvalue weighted by Gasteiger charge is -2.14. The quantitative estimate of drug-likeness (QED) is 0.724. The van der Waals surface area contributed by atoms with Gasteiger partial charge in [-0.25, -0.2) is 0 Å². The molecule has 1 N–H and O–H groups in total. The third-order valence-electron chi connectivity index (χ3n) is 2.17. The van der Waals surface area contributed by atoms with Crippen molar-refractivity contribution in [1.82, 2.24) is 15.1 Å². The summed E-state index contributed by atoms with van der Waals surface area (Å²) in [5, 5.41) is 7.92. The lowest BCUT2D eigenvalue weighted by atomic mass is 10.2. The first kappa shape index (κ1) is 12.6. The maximum atomic E-state index is 4.45. The lowest BCUT2D eigenvalue weighted by molar-refractivity contribution is 0.578. The molecule has 0 saturated heterocycles. The van der Waals surface area contributed by atoms with Crippen LogP contribution in [0.25, 0.3) is 0 Å². The molecule has 0 aromatic carbocycles. The van der Waals surface area contributed by atoms with Gasteiger partial charge in [0.05, 0.1) is 11.7 Å². The number of nitrogens with zero attached hydrogens (tertiary/aromatic N) is 2. The van der Waals surface area contributed by atoms with Gasteiger partial charge in [-0.15, -0.1) is 0 Å². The second-order valence-corrected chi connectivity index (χ2v) is 4.75. The molecule has 0 radical (unpaired) electrons. The van der Waals surface area contributed by atoms with E-state index in [0.29, 0.717) is 6.04 Å². The van der Waals surface area contributed by atoms with Crippen molar-refractivity contribution in [1.29, 1.82) is 0 Å². The molecule has 4 heteroatoms. The normalized spacial score (nSPS) is 13.0. The second-order valence-electron chi connectivity index (χ2n) is 3.60. The zero-order valence-corrected chi connectivity index (χ0v) is 10.7. The summed E-state index contributed by atoms with van der Waals surface area (Å²) in [6, 6.07) is 2.49. The minimum absolute atomic E-state index is 0.396. The topological polar surface area (TPSA) is 29.9 Å². The Morgan fingerprint density at radius 2 is 2.33 bits per heavy atom. The van der Waals surface area contributed by atoms with Crippen LogP contribution in [0.15, 0.2) is 12.3 Å². The van der Waals surface area contributed by atoms with Crippen LogP contribution in [0.4, 0.5) is 0 Å². The molecule has 0 saturated carbocycles. The Morgan fingerprint density at radius 3 is 2.87 bits per heavy atom. The van der Waals surface area contributed by atoms with Gasteiger partial charge in [-0.05, 0) is 24.8 Å². The molecular weight excluding hydrogens is 206 g/mol. The van der Waals surface area contributed by atoms with Crippen LogP contribution in [-0.4, -0.2) is 27.8 Å². The number of rotatable bonds is 7. The van der Waals surface area contributed by atoms with Gasteiger partial charge in [0.2, 0.25) is 0 Å². The van der Waals surface area contributed by atoms with Crippen LogP contribution >= 0.6 is 11.8 Å². The molecular formula is C11H21N3S. The molecule has 1 aromatic heterocycles. The zero-order chi connectivity index (χ0) is 11.1. The van der Waals surface area contributed by atoms with Gasteiger partial charge in [0.15, 0.2) is 0 Å². The highest BCUT2D eigenvalue weighted by Crippen LogP contribution is 2.16. The molecule has 1 atom stereocenters. The van der Waals surface area contributed by atoms with E-state index in [1.807, 2.05) is 29.7 Å². The molecule has 0 spiro atoms. The van der Waals surface area contributed by atoms with Crippen molar-refractivity contribution in [2.75, 3.05) is 18.1 Å². The average Bonchev–Trinajstić information content (AvgIpc) is 2.64. The van der Waals surface area contributed by atoms with Crippen LogP contribution < -0.4 is 5.32 Å². The van der Waals surface area contributed by atoms with Crippen LogP contribution in [0.1, 0.15) is 32.0 Å². The van der Waals surface area contributed by atoms with E-state index in [0.717, 1.165) is 18.0 Å². The van der Waals surface area contributed by atoms with E-state index < -0.39 is 0 Å². The van der Waals surface area contributed by atoms with Gasteiger partial charge in [0.25, 0.3) is 0 Å². The number of hydrogen-bond donors (Lipinski definition) is 1. The molecule has 0 aliphatic rings. The van der Waals surface area contributed by atoms with Gasteiger partial charge >= 0.3 is 0 Å². The summed E-state index contributed by atoms with van der Waals surface area (Å²) in [5.41, 5.74) is 1.16. The van der Waals surface area contributed by atoms with Crippen molar-refractivity contribution in [3.63, 3.8) is 0 Å². The van der Waals surface area contributed by atoms with Crippen molar-refractivity contribution in [2.45, 2.75) is 26.3 Å². The number of nitrogens with one attached hydrogen (secondary N) is 1. The molecule has 0 aliphatic heterocycles. The third-order valence-corrected chi connectivity index (χ3v) is 3.44. The van der Waals surface area contributed by atoms with E-state index in [2.05, 4.69) is 30.3 Å². The smallest absolute Gasteiger partial charge is 0.0802 e. The van der Waals surface area contributed by atoms with Crippen molar-refractivity contribution < 1.29 is 0 Å². The Hall–Kier alpha value is -0.480. The van der Waals surface area contributed by atoms with E-state index >= 15 is 0 Å². The lowest BCUT2D eigenvalue weighted by Crippen LogP contribution is -2.23. The first-order chi connectivity index (χ1) is 7.27. The summed E-state index contributed by atoms with van der Waals surface area (Å²) >= 11 is 1.99. The summed E-state index contributed by atoms with van der Waals surface area (Å²) in [7, 11) is 1.96. The fourth-order valence-electron chi connectivity index (χ4n) is 1.46. The molecule has 1 aromatic rings. The molecule has 1 unspecified atom stereocenters. The number of aryl methyl sites for hydroxylation is 1. The predicted molar refractivity (Wildman–Crippen MR) is 67.2 cm³/mol. The van der Waals surface area contributed by atoms with E-state index in [9.17, 15) is 0 Å². The van der Waals surface area contributed by atoms with Gasteiger partial charge in [0, 0.05) is 19.0 Å². The van der Waals surface area contributed by atoms with Gasteiger partial charge in [0.1, 0.15) is 0 Å². The van der Waals surface area contributed by atoms with Gasteiger partial charge < -0.3 is 5.32 Å². The van der Waals surface area contributed by atoms with E-state index in [1.54, 1.807) is 0 Å². The predicted octanol–water partition coefficient (Wildman–Crippen LogP) is 2.21. The average molecular weight is 227 g/mol. The van der Waals surface area contributed by atoms with Crippen LogP contribution in [0, 0.1) is 0 Å². The van der Waals surface area contributed by atoms with Gasteiger partial charge in [-0.1, -0.05) is 13.8 Å². The summed E-state index contributed by atoms with van der Waals surface area (Å²) in [4.78, 5) is 0. The third kappa shape index (κ3) is 4.26. The van der Waals surface area contributed by atoms with Crippen LogP contribution in [0.3, 0.4) is 0 Å². The Kier molecular flexibility index (Phi) is 5.79. The Bertz CT molecular complexity index is 273. The zero-order valence-electron chi connectivity index (χ0n) is 9.86. The fourth-order valence-corrected chi connectivity index (χ4v) is 2.44. The van der Waals surface area contributed by atoms with Crippen LogP contribution in [-0.2, 0) is 7.05 Å². The molecule has 0 bridgehead atoms. The summed E-state index contributed by atoms with van der Waals surface area (Å²) in [5.74, 6) is 2.34. The Labute approximate surface area is 96.6 Å². The fraction of sp³-hybridized carbons (Fsp3) is 0.727. The molecule has 0 fully saturated rings. The largest absolute Gasteiger partial charge is 0.308 e. The molecule has 1 rings (SSSR count). The molecule has 0 amide bonds. The van der Waals surface area contributed by atoms with Crippen LogP contribution in [0.5, 0.6) is 0 Å². The maximum absolute atomic E-state index is 4.45. The molecule has 1 heterocycles. The molecule has 86 valence electrons. The highest BCUT2D eigenvalue weighted by molar-refractivity contribution is 7.99. The summed E-state index contributed by atoms with van der Waals surface area (Å²) in [6.45, 7) is 5.35. The minimum Gasteiger partial charge on any atom is -0.308 e. The maximum Gasteiger partial charge on any atom is 0.0802 e. The SMILES string of the molecule is CCCSCC(NCC)c1ccn(C)n1. The van der Waals surface area contributed by atoms with E-state index in [-0.39, 0.29) is 0 Å². The highest BCUT2D eigenvalue weighted by Gasteiger charge is 2.12. The monoisotopic (exact) mass is 227 g/mol.